The van der Waals surface area contributed by atoms with Gasteiger partial charge < -0.3 is 5.32 Å². The number of carbonyl (C=O) groups excluding carboxylic acids is 1. The highest BCUT2D eigenvalue weighted by Gasteiger charge is 2.22. The van der Waals surface area contributed by atoms with Gasteiger partial charge in [-0.05, 0) is 30.5 Å². The Kier molecular flexibility index (Phi) is 6.39. The Morgan fingerprint density at radius 2 is 1.37 bits per heavy atom. The van der Waals surface area contributed by atoms with Gasteiger partial charge in [0.05, 0.1) is 6.04 Å². The maximum absolute atomic E-state index is 12.9. The van der Waals surface area contributed by atoms with E-state index in [1.165, 1.54) is 11.1 Å². The summed E-state index contributed by atoms with van der Waals surface area (Å²) in [6.45, 7) is 5.36. The minimum Gasteiger partial charge on any atom is -0.328 e. The van der Waals surface area contributed by atoms with Gasteiger partial charge in [-0.25, -0.2) is 0 Å². The first-order valence-electron chi connectivity index (χ1n) is 9.32. The molecule has 138 valence electrons. The molecule has 1 atom stereocenters. The normalized spacial score (nSPS) is 13.8. The summed E-state index contributed by atoms with van der Waals surface area (Å²) in [5, 5.41) is 3.07. The second kappa shape index (κ2) is 9.15. The Hall–Kier alpha value is -2.91. The summed E-state index contributed by atoms with van der Waals surface area (Å²) in [6, 6.07) is 20.3. The Balaban J connectivity index is 1.75. The smallest absolute Gasteiger partial charge is 0.241 e. The molecular formula is C24H26N2O. The molecule has 2 aromatic carbocycles. The Labute approximate surface area is 161 Å². The van der Waals surface area contributed by atoms with Gasteiger partial charge in [0.15, 0.2) is 0 Å². The third kappa shape index (κ3) is 5.28. The lowest BCUT2D eigenvalue weighted by Gasteiger charge is -2.28. The average molecular weight is 358 g/mol. The van der Waals surface area contributed by atoms with Crippen LogP contribution in [0.15, 0.2) is 96.2 Å². The van der Waals surface area contributed by atoms with Gasteiger partial charge in [0.1, 0.15) is 0 Å². The molecule has 1 amide bonds. The van der Waals surface area contributed by atoms with Crippen LogP contribution in [-0.2, 0) is 17.9 Å². The van der Waals surface area contributed by atoms with Gasteiger partial charge in [0, 0.05) is 18.8 Å². The number of hydrogen-bond donors (Lipinski definition) is 1. The number of nitrogens with zero attached hydrogens (tertiary/aromatic N) is 1. The molecule has 0 aliphatic heterocycles. The molecule has 1 aliphatic rings. The van der Waals surface area contributed by atoms with Crippen LogP contribution in [0.25, 0.3) is 0 Å². The van der Waals surface area contributed by atoms with E-state index in [9.17, 15) is 4.79 Å². The van der Waals surface area contributed by atoms with E-state index in [2.05, 4.69) is 34.5 Å². The molecule has 0 saturated heterocycles. The van der Waals surface area contributed by atoms with Gasteiger partial charge >= 0.3 is 0 Å². The van der Waals surface area contributed by atoms with Gasteiger partial charge in [-0.2, -0.15) is 0 Å². The van der Waals surface area contributed by atoms with Crippen LogP contribution in [0, 0.1) is 0 Å². The molecule has 0 bridgehead atoms. The molecule has 27 heavy (non-hydrogen) atoms. The summed E-state index contributed by atoms with van der Waals surface area (Å²) in [5.41, 5.74) is 4.33. The number of nitrogens with one attached hydrogen (secondary N) is 1. The lowest BCUT2D eigenvalue weighted by molar-refractivity contribution is -0.125. The van der Waals surface area contributed by atoms with Crippen molar-refractivity contribution >= 4 is 5.91 Å². The van der Waals surface area contributed by atoms with Crippen LogP contribution >= 0.6 is 0 Å². The van der Waals surface area contributed by atoms with Crippen LogP contribution in [0.2, 0.25) is 0 Å². The van der Waals surface area contributed by atoms with Crippen molar-refractivity contribution in [1.29, 1.82) is 0 Å². The maximum atomic E-state index is 12.9. The lowest BCUT2D eigenvalue weighted by atomic mass is 10.1. The fraction of sp³-hybridized carbons (Fsp3) is 0.208. The molecule has 3 rings (SSSR count). The largest absolute Gasteiger partial charge is 0.328 e. The highest BCUT2D eigenvalue weighted by atomic mass is 16.2. The highest BCUT2D eigenvalue weighted by molar-refractivity contribution is 5.83. The minimum absolute atomic E-state index is 0.0144. The number of hydrogen-bond acceptors (Lipinski definition) is 2. The van der Waals surface area contributed by atoms with Crippen molar-refractivity contribution in [3.63, 3.8) is 0 Å². The van der Waals surface area contributed by atoms with E-state index in [4.69, 9.17) is 0 Å². The zero-order valence-electron chi connectivity index (χ0n) is 15.9. The summed E-state index contributed by atoms with van der Waals surface area (Å²) >= 11 is 0. The van der Waals surface area contributed by atoms with Gasteiger partial charge in [-0.1, -0.05) is 85.0 Å². The molecule has 3 nitrogen and oxygen atoms in total. The number of rotatable bonds is 7. The molecule has 0 unspecified atom stereocenters. The zero-order valence-corrected chi connectivity index (χ0v) is 15.9. The molecule has 1 N–H and O–H groups in total. The van der Waals surface area contributed by atoms with Crippen LogP contribution in [0.3, 0.4) is 0 Å². The van der Waals surface area contributed by atoms with Crippen molar-refractivity contribution < 1.29 is 4.79 Å². The van der Waals surface area contributed by atoms with Crippen LogP contribution in [0.5, 0.6) is 0 Å². The zero-order chi connectivity index (χ0) is 19.1. The van der Waals surface area contributed by atoms with Gasteiger partial charge in [0.25, 0.3) is 0 Å². The summed E-state index contributed by atoms with van der Waals surface area (Å²) in [4.78, 5) is 15.1. The number of carbonyl (C=O) groups is 1. The minimum atomic E-state index is -0.254. The number of amides is 1. The van der Waals surface area contributed by atoms with Crippen molar-refractivity contribution in [3.05, 3.63) is 107 Å². The number of allylic oxidation sites excluding steroid dienone is 6. The van der Waals surface area contributed by atoms with Crippen molar-refractivity contribution in [1.82, 2.24) is 10.2 Å². The molecule has 0 spiro atoms. The van der Waals surface area contributed by atoms with E-state index in [1.807, 2.05) is 74.5 Å². The van der Waals surface area contributed by atoms with Crippen LogP contribution in [0.4, 0.5) is 0 Å². The second-order valence-electron chi connectivity index (χ2n) is 6.84. The van der Waals surface area contributed by atoms with Gasteiger partial charge in [-0.15, -0.1) is 0 Å². The van der Waals surface area contributed by atoms with Crippen molar-refractivity contribution in [2.45, 2.75) is 33.0 Å². The predicted octanol–water partition coefficient (Wildman–Crippen LogP) is 4.59. The van der Waals surface area contributed by atoms with E-state index in [-0.39, 0.29) is 11.9 Å². The van der Waals surface area contributed by atoms with Crippen LogP contribution in [0.1, 0.15) is 25.0 Å². The quantitative estimate of drug-likeness (QED) is 0.785. The first-order chi connectivity index (χ1) is 13.1. The average Bonchev–Trinajstić information content (AvgIpc) is 3.23. The molecule has 2 aromatic rings. The first-order valence-corrected chi connectivity index (χ1v) is 9.32. The predicted molar refractivity (Wildman–Crippen MR) is 111 cm³/mol. The second-order valence-corrected chi connectivity index (χ2v) is 6.84. The fourth-order valence-corrected chi connectivity index (χ4v) is 3.12. The Bertz CT molecular complexity index is 795. The van der Waals surface area contributed by atoms with E-state index >= 15 is 0 Å². The lowest BCUT2D eigenvalue weighted by Crippen LogP contribution is -2.44. The topological polar surface area (TPSA) is 32.3 Å². The van der Waals surface area contributed by atoms with Crippen molar-refractivity contribution in [2.75, 3.05) is 0 Å². The molecule has 0 radical (unpaired) electrons. The van der Waals surface area contributed by atoms with E-state index in [1.54, 1.807) is 0 Å². The molecule has 3 heteroatoms. The maximum Gasteiger partial charge on any atom is 0.241 e. The summed E-state index contributed by atoms with van der Waals surface area (Å²) < 4.78 is 0. The Morgan fingerprint density at radius 1 is 0.889 bits per heavy atom. The molecule has 0 saturated carbocycles. The molecule has 0 heterocycles. The summed E-state index contributed by atoms with van der Waals surface area (Å²) in [5.74, 6) is 0.0144. The third-order valence-corrected chi connectivity index (χ3v) is 4.79. The van der Waals surface area contributed by atoms with Crippen LogP contribution < -0.4 is 5.32 Å². The van der Waals surface area contributed by atoms with Gasteiger partial charge in [0.2, 0.25) is 5.91 Å². The Morgan fingerprint density at radius 3 is 1.85 bits per heavy atom. The van der Waals surface area contributed by atoms with Crippen molar-refractivity contribution in [3.8, 4) is 0 Å². The third-order valence-electron chi connectivity index (χ3n) is 4.79. The monoisotopic (exact) mass is 358 g/mol. The molecular weight excluding hydrogens is 332 g/mol. The SMILES string of the molecule is CC(NC(=O)[C@H](C)N(Cc1ccccc1)Cc1ccccc1)=C1C=CC=C1. The highest BCUT2D eigenvalue weighted by Crippen LogP contribution is 2.15. The van der Waals surface area contributed by atoms with E-state index < -0.39 is 0 Å². The van der Waals surface area contributed by atoms with E-state index in [0.29, 0.717) is 0 Å². The summed E-state index contributed by atoms with van der Waals surface area (Å²) in [6.07, 6.45) is 7.97. The number of benzene rings is 2. The molecule has 0 aromatic heterocycles. The van der Waals surface area contributed by atoms with Gasteiger partial charge in [-0.3, -0.25) is 9.69 Å². The standard InChI is InChI=1S/C24H26N2O/c1-19(23-15-9-10-16-23)25-24(27)20(2)26(17-21-11-5-3-6-12-21)18-22-13-7-4-8-14-22/h3-16,20H,17-18H2,1-2H3,(H,25,27)/t20-/m0/s1. The fourth-order valence-electron chi connectivity index (χ4n) is 3.12. The molecule has 1 aliphatic carbocycles. The molecule has 0 fully saturated rings. The van der Waals surface area contributed by atoms with Crippen molar-refractivity contribution in [2.24, 2.45) is 0 Å². The van der Waals surface area contributed by atoms with Crippen LogP contribution in [-0.4, -0.2) is 16.8 Å². The summed E-state index contributed by atoms with van der Waals surface area (Å²) in [7, 11) is 0. The van der Waals surface area contributed by atoms with E-state index in [0.717, 1.165) is 24.4 Å². The first kappa shape index (κ1) is 18.9.